The molecule has 0 atom stereocenters. The van der Waals surface area contributed by atoms with Crippen LogP contribution in [0, 0.1) is 0 Å². The molecule has 4 N–H and O–H groups in total. The first-order valence-electron chi connectivity index (χ1n) is 16.3. The largest absolute Gasteiger partial charge is 0.493 e. The van der Waals surface area contributed by atoms with Gasteiger partial charge in [-0.2, -0.15) is 31.7 Å². The zero-order chi connectivity index (χ0) is 40.6. The number of benzene rings is 2. The standard InChI is InChI=1S/C32H31BrClN9O5S.C2HF3O2/c1-42-19-22(17-39-42)21-15-37-32(38-16-21)48-24-13-20(12-23(35)14-24)6-4-3-5-11-47-28-8-7-27(40-30-26(33)18-36-31(34)41-30)29-25(28)9-10-43(29)49(44,45)46-2;3-2(4,5)1(6)7/h7-10,12-19H,3-6,11,35H2,1-2H3,(H,36,40,41);(H,6,7). The van der Waals surface area contributed by atoms with Gasteiger partial charge in [-0.3, -0.25) is 8.86 Å². The van der Waals surface area contributed by atoms with Gasteiger partial charge < -0.3 is 25.6 Å². The highest BCUT2D eigenvalue weighted by Gasteiger charge is 2.38. The van der Waals surface area contributed by atoms with Crippen LogP contribution < -0.4 is 20.5 Å². The van der Waals surface area contributed by atoms with Crippen molar-refractivity contribution in [3.05, 3.63) is 88.9 Å². The quantitative estimate of drug-likeness (QED) is 0.0556. The average molecular weight is 883 g/mol. The lowest BCUT2D eigenvalue weighted by Gasteiger charge is -2.14. The number of aromatic nitrogens is 7. The number of nitrogens with zero attached hydrogens (tertiary/aromatic N) is 7. The zero-order valence-electron chi connectivity index (χ0n) is 29.4. The van der Waals surface area contributed by atoms with E-state index in [1.807, 2.05) is 25.4 Å². The number of rotatable bonds is 14. The minimum atomic E-state index is -5.08. The lowest BCUT2D eigenvalue weighted by Crippen LogP contribution is -2.21. The molecule has 0 aliphatic carbocycles. The van der Waals surface area contributed by atoms with Crippen molar-refractivity contribution in [1.82, 2.24) is 33.7 Å². The molecular weight excluding hydrogens is 851 g/mol. The van der Waals surface area contributed by atoms with Crippen LogP contribution >= 0.6 is 27.5 Å². The topological polar surface area (TPSA) is 211 Å². The lowest BCUT2D eigenvalue weighted by atomic mass is 10.1. The number of halogens is 5. The Morgan fingerprint density at radius 3 is 2.43 bits per heavy atom. The summed E-state index contributed by atoms with van der Waals surface area (Å²) < 4.78 is 77.4. The van der Waals surface area contributed by atoms with E-state index in [2.05, 4.69) is 46.3 Å². The Labute approximate surface area is 330 Å². The van der Waals surface area contributed by atoms with Crippen molar-refractivity contribution in [2.75, 3.05) is 24.8 Å². The number of aliphatic carboxylic acids is 1. The molecular formula is C34H32BrClF3N9O7S. The summed E-state index contributed by atoms with van der Waals surface area (Å²) in [6.07, 6.45) is 8.18. The highest BCUT2D eigenvalue weighted by atomic mass is 79.9. The van der Waals surface area contributed by atoms with Crippen molar-refractivity contribution in [2.45, 2.75) is 31.9 Å². The van der Waals surface area contributed by atoms with E-state index in [0.717, 1.165) is 53.5 Å². The normalized spacial score (nSPS) is 11.6. The van der Waals surface area contributed by atoms with Crippen LogP contribution in [0.5, 0.6) is 17.5 Å². The molecule has 0 saturated heterocycles. The number of nitrogen functional groups attached to an aromatic ring is 1. The van der Waals surface area contributed by atoms with Crippen molar-refractivity contribution >= 4 is 71.9 Å². The number of aryl methyl sites for hydroxylation is 2. The van der Waals surface area contributed by atoms with Gasteiger partial charge in [0.05, 0.1) is 35.6 Å². The number of unbranched alkanes of at least 4 members (excludes halogenated alkanes) is 2. The fourth-order valence-corrected chi connectivity index (χ4v) is 6.35. The fourth-order valence-electron chi connectivity index (χ4n) is 5.13. The predicted octanol–water partition coefficient (Wildman–Crippen LogP) is 7.32. The van der Waals surface area contributed by atoms with Gasteiger partial charge in [0.25, 0.3) is 0 Å². The summed E-state index contributed by atoms with van der Waals surface area (Å²) in [5.74, 6) is -1.31. The molecule has 0 saturated carbocycles. The fraction of sp³-hybridized carbons (Fsp3) is 0.235. The number of ether oxygens (including phenoxy) is 2. The molecule has 16 nitrogen and oxygen atoms in total. The third-order valence-corrected chi connectivity index (χ3v) is 9.64. The number of anilines is 3. The molecule has 0 aliphatic rings. The van der Waals surface area contributed by atoms with Gasteiger partial charge in [-0.15, -0.1) is 0 Å². The SMILES string of the molecule is COS(=O)(=O)n1ccc2c(OCCCCCc3cc(N)cc(Oc4ncc(-c5cnn(C)c5)cn4)c3)ccc(Nc3nc(Cl)ncc3Br)c21.O=C(O)C(F)(F)F. The molecule has 0 aliphatic heterocycles. The highest BCUT2D eigenvalue weighted by molar-refractivity contribution is 9.10. The molecule has 4 heterocycles. The minimum Gasteiger partial charge on any atom is -0.493 e. The van der Waals surface area contributed by atoms with Crippen LogP contribution in [0.1, 0.15) is 24.8 Å². The molecule has 6 aromatic rings. The number of alkyl halides is 3. The van der Waals surface area contributed by atoms with Gasteiger partial charge in [-0.1, -0.05) is 0 Å². The zero-order valence-corrected chi connectivity index (χ0v) is 32.5. The summed E-state index contributed by atoms with van der Waals surface area (Å²) in [6.45, 7) is 0.425. The number of carboxylic acid groups (broad SMARTS) is 1. The van der Waals surface area contributed by atoms with E-state index >= 15 is 0 Å². The van der Waals surface area contributed by atoms with E-state index < -0.39 is 22.4 Å². The number of carboxylic acids is 1. The summed E-state index contributed by atoms with van der Waals surface area (Å²) >= 11 is 9.37. The molecule has 0 amide bonds. The maximum Gasteiger partial charge on any atom is 0.490 e. The van der Waals surface area contributed by atoms with Crippen molar-refractivity contribution in [3.63, 3.8) is 0 Å². The monoisotopic (exact) mass is 881 g/mol. The van der Waals surface area contributed by atoms with Gasteiger partial charge in [-0.25, -0.2) is 23.7 Å². The second kappa shape index (κ2) is 18.0. The Morgan fingerprint density at radius 1 is 1.04 bits per heavy atom. The highest BCUT2D eigenvalue weighted by Crippen LogP contribution is 2.36. The van der Waals surface area contributed by atoms with Crippen LogP contribution in [-0.2, 0) is 32.8 Å². The molecule has 56 heavy (non-hydrogen) atoms. The average Bonchev–Trinajstić information content (AvgIpc) is 3.80. The maximum atomic E-state index is 12.7. The van der Waals surface area contributed by atoms with Crippen molar-refractivity contribution in [1.29, 1.82) is 0 Å². The Bertz CT molecular complexity index is 2430. The van der Waals surface area contributed by atoms with Gasteiger partial charge in [0, 0.05) is 66.3 Å². The van der Waals surface area contributed by atoms with Crippen LogP contribution in [0.4, 0.5) is 30.4 Å². The molecule has 22 heteroatoms. The summed E-state index contributed by atoms with van der Waals surface area (Å²) in [5.41, 5.74) is 10.3. The molecule has 0 unspecified atom stereocenters. The second-order valence-corrected chi connectivity index (χ2v) is 14.5. The number of nitrogens with one attached hydrogen (secondary N) is 1. The number of fused-ring (bicyclic) bond motifs is 1. The van der Waals surface area contributed by atoms with Crippen LogP contribution in [0.2, 0.25) is 5.28 Å². The second-order valence-electron chi connectivity index (χ2n) is 11.7. The van der Waals surface area contributed by atoms with Crippen LogP contribution in [0.15, 0.2) is 78.1 Å². The molecule has 0 spiro atoms. The van der Waals surface area contributed by atoms with E-state index in [9.17, 15) is 21.6 Å². The first-order valence-corrected chi connectivity index (χ1v) is 18.8. The Hall–Kier alpha value is -5.51. The number of hydrogen-bond acceptors (Lipinski definition) is 13. The van der Waals surface area contributed by atoms with Crippen molar-refractivity contribution in [3.8, 4) is 28.6 Å². The van der Waals surface area contributed by atoms with Gasteiger partial charge >= 0.3 is 28.5 Å². The Balaban J connectivity index is 0.000000784. The van der Waals surface area contributed by atoms with Gasteiger partial charge in [0.15, 0.2) is 0 Å². The van der Waals surface area contributed by atoms with E-state index in [1.165, 1.54) is 12.4 Å². The molecule has 6 rings (SSSR count). The first-order chi connectivity index (χ1) is 26.5. The number of carbonyl (C=O) groups is 1. The summed E-state index contributed by atoms with van der Waals surface area (Å²) in [6, 6.07) is 11.0. The van der Waals surface area contributed by atoms with Crippen LogP contribution in [0.3, 0.4) is 0 Å². The maximum absolute atomic E-state index is 12.7. The lowest BCUT2D eigenvalue weighted by molar-refractivity contribution is -0.192. The third kappa shape index (κ3) is 10.8. The van der Waals surface area contributed by atoms with Crippen molar-refractivity contribution in [2.24, 2.45) is 7.05 Å². The van der Waals surface area contributed by atoms with E-state index in [1.54, 1.807) is 47.5 Å². The van der Waals surface area contributed by atoms with Gasteiger partial charge in [-0.05, 0) is 89.1 Å². The molecule has 4 aromatic heterocycles. The summed E-state index contributed by atoms with van der Waals surface area (Å²) in [4.78, 5) is 25.7. The molecule has 296 valence electrons. The molecule has 0 bridgehead atoms. The summed E-state index contributed by atoms with van der Waals surface area (Å²) in [5, 5.41) is 15.0. The minimum absolute atomic E-state index is 0.0316. The predicted molar refractivity (Wildman–Crippen MR) is 203 cm³/mol. The molecule has 0 fully saturated rings. The van der Waals surface area contributed by atoms with Gasteiger partial charge in [0.2, 0.25) is 5.28 Å². The van der Waals surface area contributed by atoms with Crippen molar-refractivity contribution < 1.29 is 45.1 Å². The van der Waals surface area contributed by atoms with E-state index in [4.69, 9.17) is 40.9 Å². The number of nitrogens with two attached hydrogens (primary N) is 1. The van der Waals surface area contributed by atoms with E-state index in [-0.39, 0.29) is 11.3 Å². The van der Waals surface area contributed by atoms with E-state index in [0.29, 0.717) is 50.7 Å². The van der Waals surface area contributed by atoms with Crippen LogP contribution in [-0.4, -0.2) is 73.1 Å². The Kier molecular flexibility index (Phi) is 13.4. The van der Waals surface area contributed by atoms with Crippen LogP contribution in [0.25, 0.3) is 22.0 Å². The smallest absolute Gasteiger partial charge is 0.490 e. The molecule has 0 radical (unpaired) electrons. The third-order valence-electron chi connectivity index (χ3n) is 7.67. The van der Waals surface area contributed by atoms with Gasteiger partial charge in [0.1, 0.15) is 17.3 Å². The molecule has 2 aromatic carbocycles. The first kappa shape index (κ1) is 41.6. The Morgan fingerprint density at radius 2 is 1.77 bits per heavy atom. The number of hydrogen-bond donors (Lipinski definition) is 3. The summed E-state index contributed by atoms with van der Waals surface area (Å²) in [7, 11) is -1.15.